The van der Waals surface area contributed by atoms with Gasteiger partial charge in [0, 0.05) is 0 Å². The molecule has 1 aliphatic heterocycles. The summed E-state index contributed by atoms with van der Waals surface area (Å²) in [5.74, 6) is -0.428. The molecule has 0 aromatic heterocycles. The first-order valence-electron chi connectivity index (χ1n) is 7.66. The molecule has 1 saturated heterocycles. The van der Waals surface area contributed by atoms with Crippen LogP contribution in [0.4, 0.5) is 4.79 Å². The molecular formula is C15H25NO5. The van der Waals surface area contributed by atoms with E-state index < -0.39 is 29.9 Å². The van der Waals surface area contributed by atoms with E-state index in [4.69, 9.17) is 9.47 Å². The zero-order chi connectivity index (χ0) is 15.8. The van der Waals surface area contributed by atoms with Gasteiger partial charge in [-0.1, -0.05) is 20.3 Å². The zero-order valence-corrected chi connectivity index (χ0v) is 13.2. The highest BCUT2D eigenvalue weighted by Gasteiger charge is 2.60. The normalized spacial score (nSPS) is 33.8. The Kier molecular flexibility index (Phi) is 4.46. The predicted molar refractivity (Wildman–Crippen MR) is 75.7 cm³/mol. The smallest absolute Gasteiger partial charge is 0.412 e. The summed E-state index contributed by atoms with van der Waals surface area (Å²) in [5, 5.41) is 9.39. The van der Waals surface area contributed by atoms with Crippen LogP contribution in [0.1, 0.15) is 47.0 Å². The topological polar surface area (TPSA) is 76.1 Å². The van der Waals surface area contributed by atoms with Gasteiger partial charge in [0.25, 0.3) is 0 Å². The van der Waals surface area contributed by atoms with E-state index in [1.165, 1.54) is 4.90 Å². The van der Waals surface area contributed by atoms with E-state index in [1.807, 2.05) is 6.92 Å². The Morgan fingerprint density at radius 2 is 2.05 bits per heavy atom. The molecule has 2 rings (SSSR count). The number of nitrogens with zero attached hydrogens (tertiary/aromatic N) is 1. The number of rotatable bonds is 5. The zero-order valence-electron chi connectivity index (χ0n) is 13.2. The molecule has 0 aromatic carbocycles. The first-order chi connectivity index (χ1) is 9.79. The number of hydrogen-bond donors (Lipinski definition) is 1. The summed E-state index contributed by atoms with van der Waals surface area (Å²) in [6.45, 7) is 7.88. The molecule has 6 nitrogen and oxygen atoms in total. The lowest BCUT2D eigenvalue weighted by molar-refractivity contribution is -0.155. The standard InChI is InChI=1S/C15H25NO5/c1-5-6-7-20-14(19)16-11(10-8-9(10)2)12(13(17)18)21-15(16,3)4/h9-12H,5-8H2,1-4H3,(H,17,18)/t9-,10-,11?,12?/m1/s1. The summed E-state index contributed by atoms with van der Waals surface area (Å²) in [6, 6.07) is -0.443. The van der Waals surface area contributed by atoms with Crippen molar-refractivity contribution in [1.82, 2.24) is 4.90 Å². The van der Waals surface area contributed by atoms with Crippen molar-refractivity contribution in [2.24, 2.45) is 11.8 Å². The Balaban J connectivity index is 2.17. The number of carboxylic acid groups (broad SMARTS) is 1. The van der Waals surface area contributed by atoms with Gasteiger partial charge in [-0.25, -0.2) is 9.59 Å². The molecule has 21 heavy (non-hydrogen) atoms. The lowest BCUT2D eigenvalue weighted by Crippen LogP contribution is -2.50. The molecule has 1 saturated carbocycles. The lowest BCUT2D eigenvalue weighted by Gasteiger charge is -2.32. The van der Waals surface area contributed by atoms with Gasteiger partial charge in [0.05, 0.1) is 12.6 Å². The minimum atomic E-state index is -1.02. The highest BCUT2D eigenvalue weighted by Crippen LogP contribution is 2.49. The van der Waals surface area contributed by atoms with Gasteiger partial charge >= 0.3 is 12.1 Å². The number of ether oxygens (including phenoxy) is 2. The van der Waals surface area contributed by atoms with Gasteiger partial charge in [-0.2, -0.15) is 0 Å². The number of hydrogen-bond acceptors (Lipinski definition) is 4. The van der Waals surface area contributed by atoms with E-state index in [1.54, 1.807) is 13.8 Å². The van der Waals surface area contributed by atoms with Crippen LogP contribution in [0.15, 0.2) is 0 Å². The third-order valence-electron chi connectivity index (χ3n) is 4.38. The molecule has 0 aromatic rings. The largest absolute Gasteiger partial charge is 0.479 e. The van der Waals surface area contributed by atoms with Crippen LogP contribution in [0, 0.1) is 11.8 Å². The molecule has 0 radical (unpaired) electrons. The van der Waals surface area contributed by atoms with Crippen molar-refractivity contribution in [2.75, 3.05) is 6.61 Å². The van der Waals surface area contributed by atoms with Crippen LogP contribution >= 0.6 is 0 Å². The third kappa shape index (κ3) is 3.15. The maximum absolute atomic E-state index is 12.4. The summed E-state index contributed by atoms with van der Waals surface area (Å²) in [4.78, 5) is 25.3. The van der Waals surface area contributed by atoms with Crippen LogP contribution in [-0.4, -0.2) is 46.5 Å². The maximum Gasteiger partial charge on any atom is 0.412 e. The summed E-state index contributed by atoms with van der Waals surface area (Å²) >= 11 is 0. The van der Waals surface area contributed by atoms with Crippen LogP contribution < -0.4 is 0 Å². The van der Waals surface area contributed by atoms with E-state index in [0.717, 1.165) is 19.3 Å². The van der Waals surface area contributed by atoms with Crippen molar-refractivity contribution < 1.29 is 24.2 Å². The van der Waals surface area contributed by atoms with E-state index in [-0.39, 0.29) is 5.92 Å². The second-order valence-electron chi connectivity index (χ2n) is 6.53. The first-order valence-corrected chi connectivity index (χ1v) is 7.66. The fraction of sp³-hybridized carbons (Fsp3) is 0.867. The quantitative estimate of drug-likeness (QED) is 0.789. The van der Waals surface area contributed by atoms with Crippen LogP contribution in [0.2, 0.25) is 0 Å². The molecule has 2 fully saturated rings. The molecule has 1 N–H and O–H groups in total. The second kappa shape index (κ2) is 5.83. The Bertz CT molecular complexity index is 422. The van der Waals surface area contributed by atoms with Gasteiger partial charge in [-0.3, -0.25) is 4.90 Å². The fourth-order valence-electron chi connectivity index (χ4n) is 3.09. The van der Waals surface area contributed by atoms with Gasteiger partial charge in [0.2, 0.25) is 0 Å². The number of carbonyl (C=O) groups is 2. The van der Waals surface area contributed by atoms with Crippen molar-refractivity contribution in [3.8, 4) is 0 Å². The van der Waals surface area contributed by atoms with E-state index in [9.17, 15) is 14.7 Å². The fourth-order valence-corrected chi connectivity index (χ4v) is 3.09. The van der Waals surface area contributed by atoms with Gasteiger partial charge in [0.15, 0.2) is 6.10 Å². The van der Waals surface area contributed by atoms with Crippen LogP contribution in [0.5, 0.6) is 0 Å². The molecule has 120 valence electrons. The number of amides is 1. The van der Waals surface area contributed by atoms with Crippen LogP contribution in [-0.2, 0) is 14.3 Å². The van der Waals surface area contributed by atoms with Gasteiger partial charge < -0.3 is 14.6 Å². The first kappa shape index (κ1) is 16.1. The van der Waals surface area contributed by atoms with Crippen molar-refractivity contribution in [2.45, 2.75) is 64.8 Å². The second-order valence-corrected chi connectivity index (χ2v) is 6.53. The van der Waals surface area contributed by atoms with Crippen LogP contribution in [0.3, 0.4) is 0 Å². The SMILES string of the molecule is CCCCOC(=O)N1C([C@@H]2C[C@H]2C)C(C(=O)O)OC1(C)C. The Morgan fingerprint density at radius 1 is 1.43 bits per heavy atom. The number of aliphatic carboxylic acids is 1. The highest BCUT2D eigenvalue weighted by atomic mass is 16.6. The molecule has 0 spiro atoms. The maximum atomic E-state index is 12.4. The Labute approximate surface area is 125 Å². The lowest BCUT2D eigenvalue weighted by atomic mass is 10.0. The minimum Gasteiger partial charge on any atom is -0.479 e. The van der Waals surface area contributed by atoms with Crippen molar-refractivity contribution in [3.05, 3.63) is 0 Å². The van der Waals surface area contributed by atoms with E-state index in [0.29, 0.717) is 12.5 Å². The third-order valence-corrected chi connectivity index (χ3v) is 4.38. The Morgan fingerprint density at radius 3 is 2.52 bits per heavy atom. The van der Waals surface area contributed by atoms with E-state index >= 15 is 0 Å². The summed E-state index contributed by atoms with van der Waals surface area (Å²) in [7, 11) is 0. The molecule has 6 heteroatoms. The molecule has 2 aliphatic rings. The molecule has 1 aliphatic carbocycles. The molecule has 2 unspecified atom stereocenters. The number of carbonyl (C=O) groups excluding carboxylic acids is 1. The van der Waals surface area contributed by atoms with Gasteiger partial charge in [0.1, 0.15) is 5.72 Å². The van der Waals surface area contributed by atoms with Crippen molar-refractivity contribution in [3.63, 3.8) is 0 Å². The summed E-state index contributed by atoms with van der Waals surface area (Å²) in [6.07, 6.45) is 1.21. The monoisotopic (exact) mass is 299 g/mol. The minimum absolute atomic E-state index is 0.173. The van der Waals surface area contributed by atoms with Crippen LogP contribution in [0.25, 0.3) is 0 Å². The molecular weight excluding hydrogens is 274 g/mol. The molecule has 1 heterocycles. The highest BCUT2D eigenvalue weighted by molar-refractivity contribution is 5.77. The molecule has 1 amide bonds. The Hall–Kier alpha value is -1.30. The van der Waals surface area contributed by atoms with Crippen molar-refractivity contribution in [1.29, 1.82) is 0 Å². The summed E-state index contributed by atoms with van der Waals surface area (Å²) in [5.41, 5.74) is -0.959. The summed E-state index contributed by atoms with van der Waals surface area (Å²) < 4.78 is 10.9. The number of carboxylic acids is 1. The predicted octanol–water partition coefficient (Wildman–Crippen LogP) is 2.47. The molecule has 4 atom stereocenters. The average molecular weight is 299 g/mol. The van der Waals surface area contributed by atoms with Gasteiger partial charge in [-0.05, 0) is 38.5 Å². The average Bonchev–Trinajstić information content (AvgIpc) is 3.01. The van der Waals surface area contributed by atoms with Crippen molar-refractivity contribution >= 4 is 12.1 Å². The molecule has 0 bridgehead atoms. The van der Waals surface area contributed by atoms with Gasteiger partial charge in [-0.15, -0.1) is 0 Å². The van der Waals surface area contributed by atoms with E-state index in [2.05, 4.69) is 6.92 Å². The number of unbranched alkanes of at least 4 members (excludes halogenated alkanes) is 1.